The van der Waals surface area contributed by atoms with Gasteiger partial charge in [-0.05, 0) is 30.5 Å². The molecule has 1 aromatic rings. The molecule has 0 bridgehead atoms. The predicted octanol–water partition coefficient (Wildman–Crippen LogP) is 2.02. The van der Waals surface area contributed by atoms with Crippen LogP contribution in [-0.2, 0) is 11.3 Å². The molecule has 122 valence electrons. The van der Waals surface area contributed by atoms with Crippen molar-refractivity contribution in [3.8, 4) is 11.5 Å². The van der Waals surface area contributed by atoms with E-state index in [0.717, 1.165) is 49.5 Å². The first kappa shape index (κ1) is 16.4. The van der Waals surface area contributed by atoms with Gasteiger partial charge >= 0.3 is 6.09 Å². The van der Waals surface area contributed by atoms with E-state index in [4.69, 9.17) is 14.2 Å². The number of likely N-dealkylation sites (tertiary alicyclic amines) is 1. The molecule has 1 heterocycles. The minimum atomic E-state index is -0.240. The Morgan fingerprint density at radius 1 is 1.14 bits per heavy atom. The van der Waals surface area contributed by atoms with Crippen molar-refractivity contribution in [1.82, 2.24) is 10.2 Å². The minimum Gasteiger partial charge on any atom is -0.497 e. The highest BCUT2D eigenvalue weighted by Crippen LogP contribution is 2.22. The van der Waals surface area contributed by atoms with Crippen LogP contribution in [0.1, 0.15) is 18.4 Å². The summed E-state index contributed by atoms with van der Waals surface area (Å²) in [6, 6.07) is 6.26. The van der Waals surface area contributed by atoms with Crippen LogP contribution in [0.4, 0.5) is 4.79 Å². The fourth-order valence-corrected chi connectivity index (χ4v) is 2.63. The Bertz CT molecular complexity index is 477. The highest BCUT2D eigenvalue weighted by molar-refractivity contribution is 5.67. The maximum Gasteiger partial charge on any atom is 0.409 e. The molecule has 0 unspecified atom stereocenters. The molecule has 6 heteroatoms. The van der Waals surface area contributed by atoms with Gasteiger partial charge in [0.2, 0.25) is 0 Å². The van der Waals surface area contributed by atoms with E-state index in [9.17, 15) is 4.79 Å². The highest BCUT2D eigenvalue weighted by atomic mass is 16.5. The number of benzene rings is 1. The zero-order valence-corrected chi connectivity index (χ0v) is 13.4. The van der Waals surface area contributed by atoms with E-state index in [0.29, 0.717) is 6.04 Å². The third kappa shape index (κ3) is 4.27. The standard InChI is InChI=1S/C16H24N2O4/c1-20-14-8-12(9-15(10-14)21-2)11-17-13-4-6-18(7-5-13)16(19)22-3/h8-10,13,17H,4-7,11H2,1-3H3. The number of carbonyl (C=O) groups excluding carboxylic acids is 1. The van der Waals surface area contributed by atoms with Gasteiger partial charge in [-0.1, -0.05) is 0 Å². The fraction of sp³-hybridized carbons (Fsp3) is 0.562. The topological polar surface area (TPSA) is 60.0 Å². The van der Waals surface area contributed by atoms with Gasteiger partial charge in [0, 0.05) is 31.7 Å². The second-order valence-electron chi connectivity index (χ2n) is 5.33. The maximum atomic E-state index is 11.4. The molecule has 1 amide bonds. The van der Waals surface area contributed by atoms with E-state index in [1.54, 1.807) is 19.1 Å². The minimum absolute atomic E-state index is 0.240. The van der Waals surface area contributed by atoms with Crippen LogP contribution in [0.3, 0.4) is 0 Å². The van der Waals surface area contributed by atoms with Crippen molar-refractivity contribution < 1.29 is 19.0 Å². The molecule has 1 aliphatic heterocycles. The number of hydrogen-bond acceptors (Lipinski definition) is 5. The van der Waals surface area contributed by atoms with Crippen LogP contribution >= 0.6 is 0 Å². The lowest BCUT2D eigenvalue weighted by molar-refractivity contribution is 0.109. The Kier molecular flexibility index (Phi) is 5.89. The van der Waals surface area contributed by atoms with Gasteiger partial charge in [-0.2, -0.15) is 0 Å². The molecule has 1 saturated heterocycles. The van der Waals surface area contributed by atoms with Gasteiger partial charge in [0.1, 0.15) is 11.5 Å². The lowest BCUT2D eigenvalue weighted by Gasteiger charge is -2.31. The number of hydrogen-bond donors (Lipinski definition) is 1. The van der Waals surface area contributed by atoms with Crippen LogP contribution in [-0.4, -0.2) is 51.5 Å². The number of ether oxygens (including phenoxy) is 3. The average Bonchev–Trinajstić information content (AvgIpc) is 2.59. The van der Waals surface area contributed by atoms with Crippen molar-refractivity contribution in [1.29, 1.82) is 0 Å². The Hall–Kier alpha value is -1.95. The number of methoxy groups -OCH3 is 3. The zero-order chi connectivity index (χ0) is 15.9. The second kappa shape index (κ2) is 7.89. The lowest BCUT2D eigenvalue weighted by Crippen LogP contribution is -2.44. The Morgan fingerprint density at radius 3 is 2.23 bits per heavy atom. The molecular weight excluding hydrogens is 284 g/mol. The van der Waals surface area contributed by atoms with Crippen molar-refractivity contribution in [3.05, 3.63) is 23.8 Å². The molecule has 1 fully saturated rings. The third-order valence-corrected chi connectivity index (χ3v) is 3.93. The zero-order valence-electron chi connectivity index (χ0n) is 13.4. The van der Waals surface area contributed by atoms with Crippen molar-refractivity contribution >= 4 is 6.09 Å². The first-order chi connectivity index (χ1) is 10.7. The van der Waals surface area contributed by atoms with Crippen LogP contribution in [0.5, 0.6) is 11.5 Å². The first-order valence-electron chi connectivity index (χ1n) is 7.44. The molecule has 0 radical (unpaired) electrons. The predicted molar refractivity (Wildman–Crippen MR) is 83.4 cm³/mol. The summed E-state index contributed by atoms with van der Waals surface area (Å²) in [7, 11) is 4.71. The summed E-state index contributed by atoms with van der Waals surface area (Å²) in [4.78, 5) is 13.2. The third-order valence-electron chi connectivity index (χ3n) is 3.93. The second-order valence-corrected chi connectivity index (χ2v) is 5.33. The van der Waals surface area contributed by atoms with Crippen molar-refractivity contribution in [2.45, 2.75) is 25.4 Å². The number of nitrogens with zero attached hydrogens (tertiary/aromatic N) is 1. The molecule has 0 aliphatic carbocycles. The van der Waals surface area contributed by atoms with E-state index in [2.05, 4.69) is 5.32 Å². The van der Waals surface area contributed by atoms with Crippen molar-refractivity contribution in [2.24, 2.45) is 0 Å². The van der Waals surface area contributed by atoms with E-state index < -0.39 is 0 Å². The average molecular weight is 308 g/mol. The number of nitrogens with one attached hydrogen (secondary N) is 1. The summed E-state index contributed by atoms with van der Waals surface area (Å²) in [6.07, 6.45) is 1.61. The van der Waals surface area contributed by atoms with Crippen molar-refractivity contribution in [2.75, 3.05) is 34.4 Å². The summed E-state index contributed by atoms with van der Waals surface area (Å²) in [5, 5.41) is 3.53. The molecule has 22 heavy (non-hydrogen) atoms. The SMILES string of the molecule is COC(=O)N1CCC(NCc2cc(OC)cc(OC)c2)CC1. The number of piperidine rings is 1. The fourth-order valence-electron chi connectivity index (χ4n) is 2.63. The van der Waals surface area contributed by atoms with Crippen LogP contribution in [0, 0.1) is 0 Å². The summed E-state index contributed by atoms with van der Waals surface area (Å²) < 4.78 is 15.3. The molecule has 1 aromatic carbocycles. The van der Waals surface area contributed by atoms with Crippen LogP contribution in [0.2, 0.25) is 0 Å². The molecule has 1 aliphatic rings. The van der Waals surface area contributed by atoms with Gasteiger partial charge in [-0.3, -0.25) is 0 Å². The summed E-state index contributed by atoms with van der Waals surface area (Å²) >= 11 is 0. The van der Waals surface area contributed by atoms with Gasteiger partial charge < -0.3 is 24.4 Å². The van der Waals surface area contributed by atoms with Crippen LogP contribution in [0.25, 0.3) is 0 Å². The normalized spacial score (nSPS) is 15.5. The van der Waals surface area contributed by atoms with Crippen LogP contribution < -0.4 is 14.8 Å². The quantitative estimate of drug-likeness (QED) is 0.902. The molecule has 0 saturated carbocycles. The van der Waals surface area contributed by atoms with Gasteiger partial charge in [-0.25, -0.2) is 4.79 Å². The highest BCUT2D eigenvalue weighted by Gasteiger charge is 2.22. The Labute approximate surface area is 131 Å². The molecule has 6 nitrogen and oxygen atoms in total. The van der Waals surface area contributed by atoms with Gasteiger partial charge in [0.15, 0.2) is 0 Å². The Balaban J connectivity index is 1.85. The largest absolute Gasteiger partial charge is 0.497 e. The summed E-state index contributed by atoms with van der Waals surface area (Å²) in [5.41, 5.74) is 1.12. The molecular formula is C16H24N2O4. The van der Waals surface area contributed by atoms with Crippen LogP contribution in [0.15, 0.2) is 18.2 Å². The van der Waals surface area contributed by atoms with Crippen molar-refractivity contribution in [3.63, 3.8) is 0 Å². The molecule has 0 atom stereocenters. The van der Waals surface area contributed by atoms with E-state index in [1.807, 2.05) is 18.2 Å². The van der Waals surface area contributed by atoms with E-state index in [1.165, 1.54) is 7.11 Å². The van der Waals surface area contributed by atoms with Gasteiger partial charge in [0.05, 0.1) is 21.3 Å². The van der Waals surface area contributed by atoms with E-state index >= 15 is 0 Å². The smallest absolute Gasteiger partial charge is 0.409 e. The maximum absolute atomic E-state index is 11.4. The Morgan fingerprint density at radius 2 is 1.73 bits per heavy atom. The van der Waals surface area contributed by atoms with Gasteiger partial charge in [-0.15, -0.1) is 0 Å². The number of rotatable bonds is 5. The number of carbonyl (C=O) groups is 1. The monoisotopic (exact) mass is 308 g/mol. The summed E-state index contributed by atoms with van der Waals surface area (Å²) in [5.74, 6) is 1.58. The van der Waals surface area contributed by atoms with E-state index in [-0.39, 0.29) is 6.09 Å². The first-order valence-corrected chi connectivity index (χ1v) is 7.44. The number of amides is 1. The summed E-state index contributed by atoms with van der Waals surface area (Å²) in [6.45, 7) is 2.20. The molecule has 2 rings (SSSR count). The molecule has 0 aromatic heterocycles. The molecule has 1 N–H and O–H groups in total. The lowest BCUT2D eigenvalue weighted by atomic mass is 10.0. The molecule has 0 spiro atoms. The van der Waals surface area contributed by atoms with Gasteiger partial charge in [0.25, 0.3) is 0 Å².